The van der Waals surface area contributed by atoms with Gasteiger partial charge in [0, 0.05) is 24.8 Å². The van der Waals surface area contributed by atoms with Gasteiger partial charge in [-0.25, -0.2) is 12.7 Å². The lowest BCUT2D eigenvalue weighted by Crippen LogP contribution is -2.43. The first-order valence-electron chi connectivity index (χ1n) is 7.59. The first kappa shape index (κ1) is 19.4. The van der Waals surface area contributed by atoms with Gasteiger partial charge in [-0.15, -0.1) is 0 Å². The predicted octanol–water partition coefficient (Wildman–Crippen LogP) is 1.91. The second kappa shape index (κ2) is 7.96. The molecule has 1 amide bonds. The van der Waals surface area contributed by atoms with Crippen LogP contribution in [0.25, 0.3) is 0 Å². The number of hydrogen-bond acceptors (Lipinski definition) is 5. The third-order valence-electron chi connectivity index (χ3n) is 3.87. The summed E-state index contributed by atoms with van der Waals surface area (Å²) in [7, 11) is -2.05. The number of ether oxygens (including phenoxy) is 2. The Labute approximate surface area is 145 Å². The Balaban J connectivity index is 2.07. The van der Waals surface area contributed by atoms with E-state index in [4.69, 9.17) is 4.74 Å². The number of benzene rings is 1. The number of hydrogen-bond donors (Lipinski definition) is 1. The molecule has 0 radical (unpaired) electrons. The summed E-state index contributed by atoms with van der Waals surface area (Å²) >= 11 is 0. The highest BCUT2D eigenvalue weighted by molar-refractivity contribution is 7.88. The fraction of sp³-hybridized carbons (Fsp3) is 0.533. The van der Waals surface area contributed by atoms with Crippen LogP contribution in [0.3, 0.4) is 0 Å². The van der Waals surface area contributed by atoms with Gasteiger partial charge in [-0.1, -0.05) is 0 Å². The van der Waals surface area contributed by atoms with E-state index in [0.29, 0.717) is 25.1 Å². The minimum atomic E-state index is -3.35. The summed E-state index contributed by atoms with van der Waals surface area (Å²) in [4.78, 5) is 12.4. The summed E-state index contributed by atoms with van der Waals surface area (Å²) in [6.45, 7) is -2.47. The Morgan fingerprint density at radius 1 is 1.36 bits per heavy atom. The molecule has 2 rings (SSSR count). The Hall–Kier alpha value is -1.94. The summed E-state index contributed by atoms with van der Waals surface area (Å²) in [5.74, 6) is -0.902. The van der Waals surface area contributed by atoms with Crippen LogP contribution in [-0.2, 0) is 14.8 Å². The van der Waals surface area contributed by atoms with E-state index < -0.39 is 22.6 Å². The van der Waals surface area contributed by atoms with E-state index in [-0.39, 0.29) is 24.0 Å². The van der Waals surface area contributed by atoms with Crippen LogP contribution in [-0.4, -0.2) is 51.7 Å². The van der Waals surface area contributed by atoms with Crippen molar-refractivity contribution in [2.24, 2.45) is 5.92 Å². The number of nitrogens with one attached hydrogen (secondary N) is 1. The molecule has 0 aliphatic carbocycles. The topological polar surface area (TPSA) is 84.9 Å². The van der Waals surface area contributed by atoms with Crippen LogP contribution >= 0.6 is 0 Å². The molecule has 0 aromatic heterocycles. The van der Waals surface area contributed by atoms with Gasteiger partial charge in [-0.3, -0.25) is 4.79 Å². The van der Waals surface area contributed by atoms with E-state index >= 15 is 0 Å². The molecule has 1 aliphatic heterocycles. The molecule has 1 unspecified atom stereocenters. The maximum atomic E-state index is 12.4. The number of alkyl halides is 2. The van der Waals surface area contributed by atoms with Crippen molar-refractivity contribution >= 4 is 21.6 Å². The van der Waals surface area contributed by atoms with E-state index in [1.807, 2.05) is 0 Å². The van der Waals surface area contributed by atoms with E-state index in [0.717, 1.165) is 6.26 Å². The first-order chi connectivity index (χ1) is 11.7. The molecule has 1 N–H and O–H groups in total. The predicted molar refractivity (Wildman–Crippen MR) is 87.4 cm³/mol. The van der Waals surface area contributed by atoms with Crippen LogP contribution in [0.15, 0.2) is 18.2 Å². The molecule has 1 heterocycles. The first-order valence-corrected chi connectivity index (χ1v) is 9.44. The summed E-state index contributed by atoms with van der Waals surface area (Å²) < 4.78 is 58.5. The number of carbonyl (C=O) groups is 1. The highest BCUT2D eigenvalue weighted by atomic mass is 32.2. The SMILES string of the molecule is COc1cc(NC(=O)C2CCCN(S(C)(=O)=O)C2)ccc1OC(F)F. The second-order valence-corrected chi connectivity index (χ2v) is 7.68. The van der Waals surface area contributed by atoms with Gasteiger partial charge in [0.05, 0.1) is 19.3 Å². The zero-order valence-corrected chi connectivity index (χ0v) is 14.7. The van der Waals surface area contributed by atoms with E-state index in [2.05, 4.69) is 10.1 Å². The average molecular weight is 378 g/mol. The van der Waals surface area contributed by atoms with Crippen LogP contribution in [0.4, 0.5) is 14.5 Å². The molecule has 0 spiro atoms. The van der Waals surface area contributed by atoms with Crippen LogP contribution in [0.2, 0.25) is 0 Å². The van der Waals surface area contributed by atoms with Crippen LogP contribution in [0.5, 0.6) is 11.5 Å². The van der Waals surface area contributed by atoms with Crippen molar-refractivity contribution in [3.05, 3.63) is 18.2 Å². The lowest BCUT2D eigenvalue weighted by atomic mass is 9.98. The molecule has 0 bridgehead atoms. The van der Waals surface area contributed by atoms with Gasteiger partial charge < -0.3 is 14.8 Å². The molecule has 140 valence electrons. The molecule has 1 aliphatic rings. The number of carbonyl (C=O) groups excluding carboxylic acids is 1. The standard InChI is InChI=1S/C15H20F2N2O5S/c1-23-13-8-11(5-6-12(13)24-15(16)17)18-14(20)10-4-3-7-19(9-10)25(2,21)22/h5-6,8,10,15H,3-4,7,9H2,1-2H3,(H,18,20). The maximum absolute atomic E-state index is 12.4. The van der Waals surface area contributed by atoms with Crippen molar-refractivity contribution in [3.8, 4) is 11.5 Å². The number of anilines is 1. The number of sulfonamides is 1. The normalized spacial score (nSPS) is 18.8. The third kappa shape index (κ3) is 5.27. The maximum Gasteiger partial charge on any atom is 0.387 e. The van der Waals surface area contributed by atoms with Gasteiger partial charge in [0.25, 0.3) is 0 Å². The van der Waals surface area contributed by atoms with Gasteiger partial charge >= 0.3 is 6.61 Å². The molecular weight excluding hydrogens is 358 g/mol. The van der Waals surface area contributed by atoms with Crippen molar-refractivity contribution in [1.29, 1.82) is 0 Å². The molecular formula is C15H20F2N2O5S. The molecule has 25 heavy (non-hydrogen) atoms. The number of halogens is 2. The average Bonchev–Trinajstić information content (AvgIpc) is 2.55. The summed E-state index contributed by atoms with van der Waals surface area (Å²) in [6.07, 6.45) is 2.27. The number of methoxy groups -OCH3 is 1. The highest BCUT2D eigenvalue weighted by Gasteiger charge is 2.30. The molecule has 7 nitrogen and oxygen atoms in total. The summed E-state index contributed by atoms with van der Waals surface area (Å²) in [5.41, 5.74) is 0.347. The minimum absolute atomic E-state index is 0.0551. The lowest BCUT2D eigenvalue weighted by Gasteiger charge is -2.30. The third-order valence-corrected chi connectivity index (χ3v) is 5.14. The number of piperidine rings is 1. The number of nitrogens with zero attached hydrogens (tertiary/aromatic N) is 1. The Morgan fingerprint density at radius 2 is 2.08 bits per heavy atom. The Morgan fingerprint density at radius 3 is 2.68 bits per heavy atom. The second-order valence-electron chi connectivity index (χ2n) is 5.69. The van der Waals surface area contributed by atoms with Gasteiger partial charge in [0.15, 0.2) is 11.5 Å². The lowest BCUT2D eigenvalue weighted by molar-refractivity contribution is -0.120. The van der Waals surface area contributed by atoms with Crippen molar-refractivity contribution in [1.82, 2.24) is 4.31 Å². The zero-order chi connectivity index (χ0) is 18.6. The van der Waals surface area contributed by atoms with Crippen LogP contribution in [0.1, 0.15) is 12.8 Å². The van der Waals surface area contributed by atoms with Crippen molar-refractivity contribution in [2.45, 2.75) is 19.5 Å². The van der Waals surface area contributed by atoms with Crippen molar-refractivity contribution in [3.63, 3.8) is 0 Å². The van der Waals surface area contributed by atoms with Gasteiger partial charge in [0.2, 0.25) is 15.9 Å². The van der Waals surface area contributed by atoms with Crippen molar-refractivity contribution in [2.75, 3.05) is 31.8 Å². The van der Waals surface area contributed by atoms with Crippen molar-refractivity contribution < 1.29 is 31.5 Å². The Bertz CT molecular complexity index is 727. The number of rotatable bonds is 6. The van der Waals surface area contributed by atoms with Crippen LogP contribution in [0, 0.1) is 5.92 Å². The Kier molecular flexibility index (Phi) is 6.17. The molecule has 1 atom stereocenters. The molecule has 1 fully saturated rings. The summed E-state index contributed by atoms with van der Waals surface area (Å²) in [5, 5.41) is 2.66. The molecule has 10 heteroatoms. The van der Waals surface area contributed by atoms with Gasteiger partial charge in [-0.2, -0.15) is 8.78 Å². The smallest absolute Gasteiger partial charge is 0.387 e. The van der Waals surface area contributed by atoms with Crippen LogP contribution < -0.4 is 14.8 Å². The quantitative estimate of drug-likeness (QED) is 0.817. The fourth-order valence-corrected chi connectivity index (χ4v) is 3.55. The fourth-order valence-electron chi connectivity index (χ4n) is 2.64. The minimum Gasteiger partial charge on any atom is -0.493 e. The summed E-state index contributed by atoms with van der Waals surface area (Å²) in [6, 6.07) is 4.05. The van der Waals surface area contributed by atoms with E-state index in [1.54, 1.807) is 0 Å². The van der Waals surface area contributed by atoms with E-state index in [1.165, 1.54) is 29.6 Å². The molecule has 1 aromatic carbocycles. The monoisotopic (exact) mass is 378 g/mol. The largest absolute Gasteiger partial charge is 0.493 e. The highest BCUT2D eigenvalue weighted by Crippen LogP contribution is 2.32. The zero-order valence-electron chi connectivity index (χ0n) is 13.9. The number of amides is 1. The molecule has 1 aromatic rings. The van der Waals surface area contributed by atoms with Gasteiger partial charge in [0.1, 0.15) is 0 Å². The van der Waals surface area contributed by atoms with Gasteiger partial charge in [-0.05, 0) is 25.0 Å². The van der Waals surface area contributed by atoms with E-state index in [9.17, 15) is 22.0 Å². The molecule has 0 saturated carbocycles. The molecule has 1 saturated heterocycles.